The number of amides is 2. The summed E-state index contributed by atoms with van der Waals surface area (Å²) in [5.74, 6) is 1.51. The fourth-order valence-corrected chi connectivity index (χ4v) is 3.07. The minimum atomic E-state index is -0.304. The normalized spacial score (nSPS) is 23.7. The largest absolute Gasteiger partial charge is 0.490 e. The number of hydrogen-bond acceptors (Lipinski definition) is 4. The number of fused-ring (bicyclic) bond motifs is 1. The Balaban J connectivity index is 1.52. The van der Waals surface area contributed by atoms with Gasteiger partial charge < -0.3 is 25.2 Å². The summed E-state index contributed by atoms with van der Waals surface area (Å²) in [6, 6.07) is 5.11. The number of anilines is 1. The maximum Gasteiger partial charge on any atom is 0.319 e. The van der Waals surface area contributed by atoms with Crippen molar-refractivity contribution in [2.45, 2.75) is 38.2 Å². The lowest BCUT2D eigenvalue weighted by Gasteiger charge is -2.27. The van der Waals surface area contributed by atoms with Crippen LogP contribution >= 0.6 is 0 Å². The van der Waals surface area contributed by atoms with Gasteiger partial charge in [0.05, 0.1) is 19.3 Å². The number of aliphatic hydroxyl groups excluding tert-OH is 1. The van der Waals surface area contributed by atoms with Gasteiger partial charge in [-0.3, -0.25) is 0 Å². The molecule has 3 N–H and O–H groups in total. The van der Waals surface area contributed by atoms with Gasteiger partial charge in [-0.1, -0.05) is 12.8 Å². The quantitative estimate of drug-likeness (QED) is 0.799. The zero-order valence-corrected chi connectivity index (χ0v) is 13.2. The van der Waals surface area contributed by atoms with Crippen molar-refractivity contribution >= 4 is 11.7 Å². The van der Waals surface area contributed by atoms with Gasteiger partial charge in [0.15, 0.2) is 11.5 Å². The average molecular weight is 320 g/mol. The van der Waals surface area contributed by atoms with E-state index in [4.69, 9.17) is 9.47 Å². The number of ether oxygens (including phenoxy) is 2. The standard InChI is InChI=1S/C17H24N2O4/c20-14-5-2-1-4-12(14)11-18-17(21)19-13-6-7-15-16(10-13)23-9-3-8-22-15/h6-7,10,12,14,20H,1-5,8-9,11H2,(H2,18,19,21)/t12-,14+/m1/s1. The van der Waals surface area contributed by atoms with Gasteiger partial charge in [-0.15, -0.1) is 0 Å². The highest BCUT2D eigenvalue weighted by atomic mass is 16.5. The molecule has 0 bridgehead atoms. The molecule has 0 radical (unpaired) electrons. The van der Waals surface area contributed by atoms with Crippen LogP contribution in [0.4, 0.5) is 10.5 Å². The van der Waals surface area contributed by atoms with Gasteiger partial charge in [0.2, 0.25) is 0 Å². The molecule has 126 valence electrons. The van der Waals surface area contributed by atoms with E-state index in [-0.39, 0.29) is 18.1 Å². The van der Waals surface area contributed by atoms with E-state index < -0.39 is 0 Å². The van der Waals surface area contributed by atoms with E-state index in [1.165, 1.54) is 0 Å². The Hall–Kier alpha value is -1.95. The van der Waals surface area contributed by atoms with Crippen LogP contribution in [0.25, 0.3) is 0 Å². The Morgan fingerprint density at radius 2 is 1.91 bits per heavy atom. The maximum atomic E-state index is 12.0. The predicted molar refractivity (Wildman–Crippen MR) is 87.0 cm³/mol. The molecule has 1 aromatic rings. The summed E-state index contributed by atoms with van der Waals surface area (Å²) < 4.78 is 11.2. The van der Waals surface area contributed by atoms with Crippen molar-refractivity contribution in [2.24, 2.45) is 5.92 Å². The monoisotopic (exact) mass is 320 g/mol. The van der Waals surface area contributed by atoms with Gasteiger partial charge in [-0.2, -0.15) is 0 Å². The topological polar surface area (TPSA) is 79.8 Å². The summed E-state index contributed by atoms with van der Waals surface area (Å²) in [7, 11) is 0. The molecule has 6 nitrogen and oxygen atoms in total. The lowest BCUT2D eigenvalue weighted by molar-refractivity contribution is 0.0712. The molecule has 3 rings (SSSR count). The maximum absolute atomic E-state index is 12.0. The molecule has 1 aromatic carbocycles. The van der Waals surface area contributed by atoms with Gasteiger partial charge in [0.25, 0.3) is 0 Å². The van der Waals surface area contributed by atoms with Crippen molar-refractivity contribution in [2.75, 3.05) is 25.1 Å². The van der Waals surface area contributed by atoms with Crippen LogP contribution in [-0.4, -0.2) is 37.0 Å². The van der Waals surface area contributed by atoms with Crippen molar-refractivity contribution in [1.29, 1.82) is 0 Å². The number of urea groups is 1. The van der Waals surface area contributed by atoms with Crippen molar-refractivity contribution < 1.29 is 19.4 Å². The fraction of sp³-hybridized carbons (Fsp3) is 0.588. The summed E-state index contributed by atoms with van der Waals surface area (Å²) in [6.45, 7) is 1.75. The van der Waals surface area contributed by atoms with E-state index in [2.05, 4.69) is 10.6 Å². The van der Waals surface area contributed by atoms with Crippen molar-refractivity contribution in [3.63, 3.8) is 0 Å². The Morgan fingerprint density at radius 3 is 2.74 bits per heavy atom. The minimum absolute atomic E-state index is 0.151. The van der Waals surface area contributed by atoms with Crippen molar-refractivity contribution in [3.8, 4) is 11.5 Å². The molecule has 1 aliphatic heterocycles. The zero-order chi connectivity index (χ0) is 16.1. The highest BCUT2D eigenvalue weighted by Crippen LogP contribution is 2.32. The zero-order valence-electron chi connectivity index (χ0n) is 13.2. The fourth-order valence-electron chi connectivity index (χ4n) is 3.07. The van der Waals surface area contributed by atoms with Crippen LogP contribution in [0.15, 0.2) is 18.2 Å². The second-order valence-electron chi connectivity index (χ2n) is 6.16. The van der Waals surface area contributed by atoms with Gasteiger partial charge in [-0.25, -0.2) is 4.79 Å². The van der Waals surface area contributed by atoms with E-state index in [1.54, 1.807) is 18.2 Å². The van der Waals surface area contributed by atoms with Gasteiger partial charge in [0, 0.05) is 30.6 Å². The Labute approximate surface area is 136 Å². The molecule has 1 fully saturated rings. The molecular weight excluding hydrogens is 296 g/mol. The first kappa shape index (κ1) is 15.9. The number of benzene rings is 1. The molecular formula is C17H24N2O4. The lowest BCUT2D eigenvalue weighted by Crippen LogP contribution is -2.38. The predicted octanol–water partition coefficient (Wildman–Crippen LogP) is 2.52. The van der Waals surface area contributed by atoms with Crippen molar-refractivity contribution in [3.05, 3.63) is 18.2 Å². The third-order valence-electron chi connectivity index (χ3n) is 4.40. The molecule has 2 aliphatic rings. The molecule has 0 spiro atoms. The number of hydrogen-bond donors (Lipinski definition) is 3. The third kappa shape index (κ3) is 4.28. The number of carbonyl (C=O) groups is 1. The van der Waals surface area contributed by atoms with E-state index in [1.807, 2.05) is 0 Å². The van der Waals surface area contributed by atoms with Crippen LogP contribution in [0.1, 0.15) is 32.1 Å². The second-order valence-corrected chi connectivity index (χ2v) is 6.16. The van der Waals surface area contributed by atoms with Gasteiger partial charge in [-0.05, 0) is 25.0 Å². The average Bonchev–Trinajstić information content (AvgIpc) is 2.79. The number of rotatable bonds is 3. The molecule has 1 saturated carbocycles. The van der Waals surface area contributed by atoms with E-state index in [0.717, 1.165) is 32.1 Å². The molecule has 1 heterocycles. The summed E-state index contributed by atoms with van der Waals surface area (Å²) in [4.78, 5) is 12.0. The lowest BCUT2D eigenvalue weighted by atomic mass is 9.86. The smallest absolute Gasteiger partial charge is 0.319 e. The molecule has 23 heavy (non-hydrogen) atoms. The number of carbonyl (C=O) groups excluding carboxylic acids is 1. The van der Waals surface area contributed by atoms with Crippen molar-refractivity contribution in [1.82, 2.24) is 5.32 Å². The summed E-state index contributed by atoms with van der Waals surface area (Å²) >= 11 is 0. The first-order valence-corrected chi connectivity index (χ1v) is 8.35. The molecule has 2 atom stereocenters. The third-order valence-corrected chi connectivity index (χ3v) is 4.40. The van der Waals surface area contributed by atoms with E-state index in [9.17, 15) is 9.90 Å². The van der Waals surface area contributed by atoms with Crippen LogP contribution in [-0.2, 0) is 0 Å². The first-order chi connectivity index (χ1) is 11.2. The van der Waals surface area contributed by atoms with Crippen LogP contribution < -0.4 is 20.1 Å². The van der Waals surface area contributed by atoms with Crippen LogP contribution in [0.2, 0.25) is 0 Å². The molecule has 0 aromatic heterocycles. The molecule has 6 heteroatoms. The summed E-state index contributed by atoms with van der Waals surface area (Å²) in [5.41, 5.74) is 0.663. The number of aliphatic hydroxyl groups is 1. The molecule has 2 amide bonds. The Kier molecular flexibility index (Phi) is 5.23. The van der Waals surface area contributed by atoms with Crippen LogP contribution in [0, 0.1) is 5.92 Å². The van der Waals surface area contributed by atoms with E-state index in [0.29, 0.717) is 36.9 Å². The molecule has 0 saturated heterocycles. The summed E-state index contributed by atoms with van der Waals surface area (Å²) in [5, 5.41) is 15.6. The molecule has 1 aliphatic carbocycles. The summed E-state index contributed by atoms with van der Waals surface area (Å²) in [6.07, 6.45) is 4.53. The van der Waals surface area contributed by atoms with Crippen LogP contribution in [0.5, 0.6) is 11.5 Å². The molecule has 0 unspecified atom stereocenters. The Bertz CT molecular complexity index is 549. The SMILES string of the molecule is O=C(NC[C@H]1CCCC[C@@H]1O)Nc1ccc2c(c1)OCCCO2. The van der Waals surface area contributed by atoms with Gasteiger partial charge in [0.1, 0.15) is 0 Å². The highest BCUT2D eigenvalue weighted by molar-refractivity contribution is 5.89. The Morgan fingerprint density at radius 1 is 1.13 bits per heavy atom. The minimum Gasteiger partial charge on any atom is -0.490 e. The van der Waals surface area contributed by atoms with Gasteiger partial charge >= 0.3 is 6.03 Å². The van der Waals surface area contributed by atoms with E-state index >= 15 is 0 Å². The van der Waals surface area contributed by atoms with Crippen LogP contribution in [0.3, 0.4) is 0 Å². The highest BCUT2D eigenvalue weighted by Gasteiger charge is 2.23. The first-order valence-electron chi connectivity index (χ1n) is 8.35. The second kappa shape index (κ2) is 7.55. The number of nitrogens with one attached hydrogen (secondary N) is 2.